The maximum Gasteiger partial charge on any atom is 0.276 e. The number of morpholine rings is 1. The highest BCUT2D eigenvalue weighted by Crippen LogP contribution is 2.33. The van der Waals surface area contributed by atoms with E-state index in [0.29, 0.717) is 31.9 Å². The summed E-state index contributed by atoms with van der Waals surface area (Å²) in [6, 6.07) is 4.56. The first-order chi connectivity index (χ1) is 14.8. The lowest BCUT2D eigenvalue weighted by Crippen LogP contribution is -2.41. The largest absolute Gasteiger partial charge is 0.378 e. The van der Waals surface area contributed by atoms with Gasteiger partial charge in [0.1, 0.15) is 5.82 Å². The van der Waals surface area contributed by atoms with Crippen LogP contribution in [0.25, 0.3) is 0 Å². The van der Waals surface area contributed by atoms with E-state index in [4.69, 9.17) is 4.74 Å². The predicted molar refractivity (Wildman–Crippen MR) is 102 cm³/mol. The Morgan fingerprint density at radius 1 is 1.16 bits per heavy atom. The van der Waals surface area contributed by atoms with Gasteiger partial charge in [0.25, 0.3) is 11.8 Å². The lowest BCUT2D eigenvalue weighted by atomic mass is 10.1. The number of benzene rings is 1. The second-order valence-electron chi connectivity index (χ2n) is 7.77. The van der Waals surface area contributed by atoms with Crippen LogP contribution in [-0.2, 0) is 22.5 Å². The number of carbonyl (C=O) groups is 2. The molecule has 11 heteroatoms. The summed E-state index contributed by atoms with van der Waals surface area (Å²) in [5.74, 6) is -4.22. The van der Waals surface area contributed by atoms with Crippen molar-refractivity contribution in [3.63, 3.8) is 0 Å². The molecule has 1 aromatic heterocycles. The van der Waals surface area contributed by atoms with Crippen LogP contribution in [-0.4, -0.2) is 81.4 Å². The van der Waals surface area contributed by atoms with E-state index < -0.39 is 36.7 Å². The third-order valence-electron chi connectivity index (χ3n) is 5.42. The standard InChI is InChI=1S/C20H22F3N5O3/c21-15-3-1-14(2-4-15)9-18(29)28-13-20(22,23)10-16(28)11-27-12-17(24-25-27)19(30)26-5-7-31-8-6-26/h1-4,12,16H,5-11,13H2/t16-/m0/s1. The summed E-state index contributed by atoms with van der Waals surface area (Å²) >= 11 is 0. The Morgan fingerprint density at radius 3 is 2.58 bits per heavy atom. The molecular weight excluding hydrogens is 415 g/mol. The molecule has 166 valence electrons. The normalized spacial score (nSPS) is 20.8. The van der Waals surface area contributed by atoms with Gasteiger partial charge in [-0.2, -0.15) is 0 Å². The summed E-state index contributed by atoms with van der Waals surface area (Å²) < 4.78 is 47.8. The second-order valence-corrected chi connectivity index (χ2v) is 7.77. The molecule has 8 nitrogen and oxygen atoms in total. The fraction of sp³-hybridized carbons (Fsp3) is 0.500. The number of likely N-dealkylation sites (tertiary alicyclic amines) is 1. The van der Waals surface area contributed by atoms with Crippen LogP contribution in [0.15, 0.2) is 30.5 Å². The van der Waals surface area contributed by atoms with E-state index in [1.807, 2.05) is 0 Å². The lowest BCUT2D eigenvalue weighted by Gasteiger charge is -2.25. The van der Waals surface area contributed by atoms with Crippen molar-refractivity contribution in [3.05, 3.63) is 47.5 Å². The lowest BCUT2D eigenvalue weighted by molar-refractivity contribution is -0.132. The number of hydrogen-bond acceptors (Lipinski definition) is 5. The van der Waals surface area contributed by atoms with Crippen molar-refractivity contribution in [1.82, 2.24) is 24.8 Å². The van der Waals surface area contributed by atoms with Gasteiger partial charge in [0, 0.05) is 19.5 Å². The van der Waals surface area contributed by atoms with E-state index in [1.165, 1.54) is 35.1 Å². The number of carbonyl (C=O) groups excluding carboxylic acids is 2. The predicted octanol–water partition coefficient (Wildman–Crippen LogP) is 1.37. The molecule has 0 unspecified atom stereocenters. The molecule has 0 aliphatic carbocycles. The van der Waals surface area contributed by atoms with E-state index >= 15 is 0 Å². The molecule has 1 atom stereocenters. The molecule has 0 radical (unpaired) electrons. The highest BCUT2D eigenvalue weighted by molar-refractivity contribution is 5.92. The molecule has 0 bridgehead atoms. The minimum absolute atomic E-state index is 0.00581. The molecule has 4 rings (SSSR count). The van der Waals surface area contributed by atoms with Crippen molar-refractivity contribution in [2.75, 3.05) is 32.8 Å². The van der Waals surface area contributed by atoms with Crippen molar-refractivity contribution in [3.8, 4) is 0 Å². The number of hydrogen-bond donors (Lipinski definition) is 0. The molecule has 0 N–H and O–H groups in total. The van der Waals surface area contributed by atoms with E-state index in [2.05, 4.69) is 10.3 Å². The van der Waals surface area contributed by atoms with Crippen molar-refractivity contribution < 1.29 is 27.5 Å². The zero-order valence-electron chi connectivity index (χ0n) is 16.7. The number of nitrogens with zero attached hydrogens (tertiary/aromatic N) is 5. The number of rotatable bonds is 5. The Morgan fingerprint density at radius 2 is 1.87 bits per heavy atom. The number of alkyl halides is 2. The van der Waals surface area contributed by atoms with Crippen LogP contribution in [0.2, 0.25) is 0 Å². The number of amides is 2. The van der Waals surface area contributed by atoms with Gasteiger partial charge in [0.2, 0.25) is 5.91 Å². The summed E-state index contributed by atoms with van der Waals surface area (Å²) in [6.07, 6.45) is 0.802. The molecule has 31 heavy (non-hydrogen) atoms. The third-order valence-corrected chi connectivity index (χ3v) is 5.42. The zero-order chi connectivity index (χ0) is 22.0. The molecule has 2 aliphatic heterocycles. The first kappa shape index (κ1) is 21.3. The summed E-state index contributed by atoms with van der Waals surface area (Å²) in [5.41, 5.74) is 0.662. The molecule has 2 saturated heterocycles. The quantitative estimate of drug-likeness (QED) is 0.706. The van der Waals surface area contributed by atoms with Crippen LogP contribution < -0.4 is 0 Å². The van der Waals surface area contributed by atoms with E-state index in [9.17, 15) is 22.8 Å². The Balaban J connectivity index is 1.43. The summed E-state index contributed by atoms with van der Waals surface area (Å²) in [6.45, 7) is 1.10. The van der Waals surface area contributed by atoms with E-state index in [1.54, 1.807) is 4.90 Å². The second kappa shape index (κ2) is 8.66. The topological polar surface area (TPSA) is 80.6 Å². The average molecular weight is 437 g/mol. The third kappa shape index (κ3) is 5.04. The van der Waals surface area contributed by atoms with Crippen molar-refractivity contribution >= 4 is 11.8 Å². The minimum atomic E-state index is -3.02. The zero-order valence-corrected chi connectivity index (χ0v) is 16.7. The van der Waals surface area contributed by atoms with Crippen LogP contribution in [0.1, 0.15) is 22.5 Å². The Labute approximate surface area is 176 Å². The molecule has 2 fully saturated rings. The van der Waals surface area contributed by atoms with Crippen LogP contribution in [0.5, 0.6) is 0 Å². The molecule has 0 spiro atoms. The van der Waals surface area contributed by atoms with Crippen molar-refractivity contribution in [2.24, 2.45) is 0 Å². The Bertz CT molecular complexity index is 944. The van der Waals surface area contributed by atoms with Crippen LogP contribution in [0.4, 0.5) is 13.2 Å². The maximum absolute atomic E-state index is 14.1. The minimum Gasteiger partial charge on any atom is -0.378 e. The molecule has 2 amide bonds. The van der Waals surface area contributed by atoms with Crippen molar-refractivity contribution in [2.45, 2.75) is 31.4 Å². The highest BCUT2D eigenvalue weighted by atomic mass is 19.3. The van der Waals surface area contributed by atoms with Crippen LogP contribution >= 0.6 is 0 Å². The van der Waals surface area contributed by atoms with Crippen molar-refractivity contribution in [1.29, 1.82) is 0 Å². The number of aromatic nitrogens is 3. The first-order valence-electron chi connectivity index (χ1n) is 10.00. The first-order valence-corrected chi connectivity index (χ1v) is 10.00. The van der Waals surface area contributed by atoms with E-state index in [0.717, 1.165) is 4.90 Å². The fourth-order valence-electron chi connectivity index (χ4n) is 3.86. The summed E-state index contributed by atoms with van der Waals surface area (Å²) in [5, 5.41) is 7.76. The fourth-order valence-corrected chi connectivity index (χ4v) is 3.86. The van der Waals surface area contributed by atoms with Gasteiger partial charge >= 0.3 is 0 Å². The average Bonchev–Trinajstić information content (AvgIpc) is 3.33. The van der Waals surface area contributed by atoms with Gasteiger partial charge in [-0.1, -0.05) is 17.3 Å². The van der Waals surface area contributed by atoms with Gasteiger partial charge in [-0.05, 0) is 17.7 Å². The Hall–Kier alpha value is -2.95. The summed E-state index contributed by atoms with van der Waals surface area (Å²) in [7, 11) is 0. The van der Waals surface area contributed by atoms with Gasteiger partial charge in [0.05, 0.1) is 45.0 Å². The highest BCUT2D eigenvalue weighted by Gasteiger charge is 2.47. The van der Waals surface area contributed by atoms with Gasteiger partial charge in [0.15, 0.2) is 5.69 Å². The van der Waals surface area contributed by atoms with Gasteiger partial charge in [-0.3, -0.25) is 9.59 Å². The Kier molecular flexibility index (Phi) is 5.94. The monoisotopic (exact) mass is 437 g/mol. The van der Waals surface area contributed by atoms with Gasteiger partial charge < -0.3 is 14.5 Å². The van der Waals surface area contributed by atoms with Gasteiger partial charge in [-0.25, -0.2) is 17.9 Å². The molecule has 3 heterocycles. The molecule has 0 saturated carbocycles. The molecular formula is C20H22F3N5O3. The van der Waals surface area contributed by atoms with Gasteiger partial charge in [-0.15, -0.1) is 5.10 Å². The SMILES string of the molecule is O=C(c1cn(C[C@@H]2CC(F)(F)CN2C(=O)Cc2ccc(F)cc2)nn1)N1CCOCC1. The molecule has 1 aromatic carbocycles. The van der Waals surface area contributed by atoms with Crippen LogP contribution in [0, 0.1) is 5.82 Å². The summed E-state index contributed by atoms with van der Waals surface area (Å²) in [4.78, 5) is 27.9. The number of ether oxygens (including phenoxy) is 1. The molecule has 2 aliphatic rings. The number of halogens is 3. The smallest absolute Gasteiger partial charge is 0.276 e. The maximum atomic E-state index is 14.1. The molecule has 2 aromatic rings. The van der Waals surface area contributed by atoms with Crippen LogP contribution in [0.3, 0.4) is 0 Å². The van der Waals surface area contributed by atoms with E-state index in [-0.39, 0.29) is 24.6 Å².